The molecule has 9 heteroatoms. The van der Waals surface area contributed by atoms with Gasteiger partial charge in [-0.25, -0.2) is 14.8 Å². The maximum atomic E-state index is 13.1. The third kappa shape index (κ3) is 4.47. The van der Waals surface area contributed by atoms with E-state index >= 15 is 0 Å². The van der Waals surface area contributed by atoms with Crippen molar-refractivity contribution in [1.82, 2.24) is 19.7 Å². The number of urea groups is 1. The molecule has 2 heterocycles. The van der Waals surface area contributed by atoms with Crippen LogP contribution in [0.5, 0.6) is 0 Å². The smallest absolute Gasteiger partial charge is 0.319 e. The first-order chi connectivity index (χ1) is 16.1. The molecule has 1 fully saturated rings. The first kappa shape index (κ1) is 20.5. The van der Waals surface area contributed by atoms with Crippen LogP contribution in [0.2, 0.25) is 0 Å². The molecule has 0 saturated heterocycles. The number of carbonyl (C=O) groups is 2. The Bertz CT molecular complexity index is 1330. The van der Waals surface area contributed by atoms with Crippen LogP contribution in [-0.4, -0.2) is 26.3 Å². The van der Waals surface area contributed by atoms with Crippen molar-refractivity contribution in [3.63, 3.8) is 0 Å². The quantitative estimate of drug-likeness (QED) is 0.362. The number of fused-ring (bicyclic) bond motifs is 1. The molecule has 9 nitrogen and oxygen atoms in total. The van der Waals surface area contributed by atoms with Gasteiger partial charge in [0.25, 0.3) is 5.91 Å². The van der Waals surface area contributed by atoms with Crippen molar-refractivity contribution in [2.24, 2.45) is 0 Å². The molecule has 0 spiro atoms. The van der Waals surface area contributed by atoms with Crippen LogP contribution in [0.25, 0.3) is 5.52 Å². The van der Waals surface area contributed by atoms with Gasteiger partial charge in [0.2, 0.25) is 0 Å². The summed E-state index contributed by atoms with van der Waals surface area (Å²) in [5.41, 5.74) is 9.00. The number of benzene rings is 2. The molecular weight excluding hydrogens is 418 g/mol. The molecule has 2 aromatic heterocycles. The molecule has 0 bridgehead atoms. The molecule has 1 aliphatic rings. The largest absolute Gasteiger partial charge is 0.382 e. The highest BCUT2D eigenvalue weighted by Gasteiger charge is 2.31. The lowest BCUT2D eigenvalue weighted by molar-refractivity contribution is 0.102. The van der Waals surface area contributed by atoms with E-state index in [1.54, 1.807) is 18.5 Å². The zero-order chi connectivity index (χ0) is 22.8. The highest BCUT2D eigenvalue weighted by atomic mass is 16.2. The van der Waals surface area contributed by atoms with E-state index < -0.39 is 0 Å². The highest BCUT2D eigenvalue weighted by Crippen LogP contribution is 2.40. The number of nitrogens with zero attached hydrogens (tertiary/aromatic N) is 3. The summed E-state index contributed by atoms with van der Waals surface area (Å²) in [5, 5.41) is 8.47. The van der Waals surface area contributed by atoms with E-state index in [1.807, 2.05) is 52.9 Å². The second-order valence-electron chi connectivity index (χ2n) is 7.95. The summed E-state index contributed by atoms with van der Waals surface area (Å²) in [7, 11) is 0. The van der Waals surface area contributed by atoms with Gasteiger partial charge in [0, 0.05) is 36.2 Å². The Labute approximate surface area is 190 Å². The van der Waals surface area contributed by atoms with E-state index in [0.29, 0.717) is 29.4 Å². The number of hydrogen-bond donors (Lipinski definition) is 4. The zero-order valence-corrected chi connectivity index (χ0v) is 17.8. The van der Waals surface area contributed by atoms with Crippen molar-refractivity contribution in [1.29, 1.82) is 0 Å². The second kappa shape index (κ2) is 8.62. The highest BCUT2D eigenvalue weighted by molar-refractivity contribution is 6.09. The molecule has 0 radical (unpaired) electrons. The van der Waals surface area contributed by atoms with E-state index in [1.165, 1.54) is 0 Å². The predicted molar refractivity (Wildman–Crippen MR) is 126 cm³/mol. The third-order valence-electron chi connectivity index (χ3n) is 5.44. The topological polar surface area (TPSA) is 126 Å². The summed E-state index contributed by atoms with van der Waals surface area (Å²) in [4.78, 5) is 33.9. The number of nitrogen functional groups attached to an aromatic ring is 1. The summed E-state index contributed by atoms with van der Waals surface area (Å²) in [6.45, 7) is 0.304. The molecule has 5 N–H and O–H groups in total. The number of para-hydroxylation sites is 1. The van der Waals surface area contributed by atoms with Gasteiger partial charge in [0.05, 0.1) is 0 Å². The number of carbonyl (C=O) groups excluding carboxylic acids is 2. The van der Waals surface area contributed by atoms with Crippen LogP contribution in [0.1, 0.15) is 40.6 Å². The molecule has 0 unspecified atom stereocenters. The van der Waals surface area contributed by atoms with E-state index in [0.717, 1.165) is 24.2 Å². The molecule has 5 rings (SSSR count). The maximum Gasteiger partial charge on any atom is 0.319 e. The first-order valence-electron chi connectivity index (χ1n) is 10.7. The predicted octanol–water partition coefficient (Wildman–Crippen LogP) is 3.76. The van der Waals surface area contributed by atoms with E-state index in [2.05, 4.69) is 25.9 Å². The van der Waals surface area contributed by atoms with Gasteiger partial charge >= 0.3 is 6.03 Å². The average Bonchev–Trinajstić information content (AvgIpc) is 3.58. The van der Waals surface area contributed by atoms with Gasteiger partial charge in [-0.2, -0.15) is 0 Å². The van der Waals surface area contributed by atoms with E-state index in [-0.39, 0.29) is 23.5 Å². The number of rotatable bonds is 6. The molecular formula is C24H23N7O2. The summed E-state index contributed by atoms with van der Waals surface area (Å²) in [5.74, 6) is 1.10. The standard InChI is InChI=1S/C24H23N7O2/c25-21-20-19(30-22(16-9-10-16)31(20)12-11-26-21)23(32)28-18-8-4-5-15(13-18)14-27-24(33)29-17-6-2-1-3-7-17/h1-8,11-13,16H,9-10,14H2,(H2,25,26)(H,28,32)(H2,27,29,33). The average molecular weight is 441 g/mol. The van der Waals surface area contributed by atoms with Crippen molar-refractivity contribution in [3.8, 4) is 0 Å². The summed E-state index contributed by atoms with van der Waals surface area (Å²) < 4.78 is 1.86. The Kier molecular flexibility index (Phi) is 5.35. The van der Waals surface area contributed by atoms with Gasteiger partial charge in [-0.3, -0.25) is 9.20 Å². The van der Waals surface area contributed by atoms with Crippen molar-refractivity contribution in [3.05, 3.63) is 84.1 Å². The third-order valence-corrected chi connectivity index (χ3v) is 5.44. The SMILES string of the molecule is Nc1nccn2c(C3CC3)nc(C(=O)Nc3cccc(CNC(=O)Nc4ccccc4)c3)c12. The summed E-state index contributed by atoms with van der Waals surface area (Å²) in [6, 6.07) is 16.2. The fraction of sp³-hybridized carbons (Fsp3) is 0.167. The van der Waals surface area contributed by atoms with Crippen molar-refractivity contribution in [2.75, 3.05) is 16.4 Å². The van der Waals surface area contributed by atoms with Gasteiger partial charge in [0.1, 0.15) is 17.2 Å². The van der Waals surface area contributed by atoms with Gasteiger partial charge in [0.15, 0.2) is 5.69 Å². The number of nitrogens with two attached hydrogens (primary N) is 1. The van der Waals surface area contributed by atoms with Crippen LogP contribution in [-0.2, 0) is 6.54 Å². The summed E-state index contributed by atoms with van der Waals surface area (Å²) >= 11 is 0. The van der Waals surface area contributed by atoms with Crippen LogP contribution >= 0.6 is 0 Å². The van der Waals surface area contributed by atoms with Gasteiger partial charge in [-0.1, -0.05) is 30.3 Å². The molecule has 1 aliphatic carbocycles. The minimum Gasteiger partial charge on any atom is -0.382 e. The maximum absolute atomic E-state index is 13.1. The lowest BCUT2D eigenvalue weighted by Crippen LogP contribution is -2.28. The molecule has 2 aromatic carbocycles. The fourth-order valence-corrected chi connectivity index (χ4v) is 3.70. The Morgan fingerprint density at radius 2 is 1.82 bits per heavy atom. The van der Waals surface area contributed by atoms with E-state index in [9.17, 15) is 9.59 Å². The van der Waals surface area contributed by atoms with Crippen molar-refractivity contribution < 1.29 is 9.59 Å². The first-order valence-corrected chi connectivity index (χ1v) is 10.7. The monoisotopic (exact) mass is 441 g/mol. The van der Waals surface area contributed by atoms with Crippen molar-refractivity contribution in [2.45, 2.75) is 25.3 Å². The van der Waals surface area contributed by atoms with Gasteiger partial charge < -0.3 is 21.7 Å². The number of nitrogens with one attached hydrogen (secondary N) is 3. The molecule has 3 amide bonds. The number of aromatic nitrogens is 3. The molecule has 0 atom stereocenters. The second-order valence-corrected chi connectivity index (χ2v) is 7.95. The normalized spacial score (nSPS) is 13.0. The molecule has 0 aliphatic heterocycles. The minimum atomic E-state index is -0.356. The Hall–Kier alpha value is -4.40. The molecule has 4 aromatic rings. The number of imidazole rings is 1. The zero-order valence-electron chi connectivity index (χ0n) is 17.8. The Morgan fingerprint density at radius 1 is 1.03 bits per heavy atom. The summed E-state index contributed by atoms with van der Waals surface area (Å²) in [6.07, 6.45) is 5.50. The van der Waals surface area contributed by atoms with Gasteiger partial charge in [-0.05, 0) is 42.7 Å². The number of amides is 3. The lowest BCUT2D eigenvalue weighted by Gasteiger charge is -2.09. The molecule has 166 valence electrons. The van der Waals surface area contributed by atoms with E-state index in [4.69, 9.17) is 5.73 Å². The molecule has 1 saturated carbocycles. The van der Waals surface area contributed by atoms with Crippen LogP contribution in [0, 0.1) is 0 Å². The van der Waals surface area contributed by atoms with Crippen LogP contribution in [0.15, 0.2) is 67.0 Å². The molecule has 33 heavy (non-hydrogen) atoms. The van der Waals surface area contributed by atoms with Crippen LogP contribution < -0.4 is 21.7 Å². The number of hydrogen-bond acceptors (Lipinski definition) is 5. The van der Waals surface area contributed by atoms with Crippen LogP contribution in [0.4, 0.5) is 22.0 Å². The Balaban J connectivity index is 1.28. The Morgan fingerprint density at radius 3 is 2.61 bits per heavy atom. The lowest BCUT2D eigenvalue weighted by atomic mass is 10.2. The fourth-order valence-electron chi connectivity index (χ4n) is 3.70. The minimum absolute atomic E-state index is 0.258. The number of anilines is 3. The van der Waals surface area contributed by atoms with Gasteiger partial charge in [-0.15, -0.1) is 0 Å². The van der Waals surface area contributed by atoms with Crippen molar-refractivity contribution >= 4 is 34.6 Å². The van der Waals surface area contributed by atoms with Crippen LogP contribution in [0.3, 0.4) is 0 Å².